The monoisotopic (exact) mass is 716 g/mol. The molecule has 266 valence electrons. The summed E-state index contributed by atoms with van der Waals surface area (Å²) in [4.78, 5) is 0. The van der Waals surface area contributed by atoms with Gasteiger partial charge in [-0.3, -0.25) is 0 Å². The van der Waals surface area contributed by atoms with Gasteiger partial charge in [0.1, 0.15) is 12.6 Å². The average molecular weight is 717 g/mol. The van der Waals surface area contributed by atoms with Crippen molar-refractivity contribution in [2.24, 2.45) is 28.6 Å². The van der Waals surface area contributed by atoms with Crippen molar-refractivity contribution >= 4 is 47.4 Å². The van der Waals surface area contributed by atoms with Crippen LogP contribution in [0.3, 0.4) is 0 Å². The molecule has 45 heavy (non-hydrogen) atoms. The lowest BCUT2D eigenvalue weighted by Crippen LogP contribution is -2.48. The third-order valence-electron chi connectivity index (χ3n) is 9.77. The Morgan fingerprint density at radius 1 is 0.756 bits per heavy atom. The van der Waals surface area contributed by atoms with Gasteiger partial charge < -0.3 is 22.1 Å². The van der Waals surface area contributed by atoms with Crippen molar-refractivity contribution in [1.82, 2.24) is 0 Å². The van der Waals surface area contributed by atoms with Crippen LogP contribution in [0.25, 0.3) is 0 Å². The Morgan fingerprint density at radius 3 is 1.62 bits per heavy atom. The minimum absolute atomic E-state index is 0.00876. The fourth-order valence-electron chi connectivity index (χ4n) is 7.23. The Hall–Kier alpha value is 0.364. The standard InChI is InChI=1S/C35H76O5Si5/c1-27(21-19-23-33(2,3)40-45(12,13)14)20-17-15-16-18-22-28-24-29(34(4,5)31(36-41-8)37-42-9)26-30(25-28)35(6,7)32(38-43-10)39-44-11/h16,18,22,27,29-32H,15,17,19-21,23-26,41-44H2,1-14H3/t27-,29-,30-/m1/s1. The van der Waals surface area contributed by atoms with Crippen LogP contribution in [0.5, 0.6) is 0 Å². The minimum Gasteiger partial charge on any atom is -0.413 e. The maximum atomic E-state index is 6.40. The van der Waals surface area contributed by atoms with E-state index in [1.54, 1.807) is 5.57 Å². The molecule has 0 N–H and O–H groups in total. The van der Waals surface area contributed by atoms with Gasteiger partial charge in [-0.25, -0.2) is 0 Å². The Morgan fingerprint density at radius 2 is 1.20 bits per heavy atom. The van der Waals surface area contributed by atoms with Crippen LogP contribution in [0.2, 0.25) is 45.8 Å². The SMILES string of the molecule is C[SiH2]OC(O[SiH2]C)C(C)(C)[C@@H]1CC(=CC=CCCC[C@@H](C)CCCC(C)(C)O[Si](C)(C)C)C[C@@H](C(C)(C)C(O[SiH2]C)O[SiH2]C)C1. The molecule has 0 spiro atoms. The van der Waals surface area contributed by atoms with E-state index in [0.717, 1.165) is 31.6 Å². The smallest absolute Gasteiger partial charge is 0.184 e. The van der Waals surface area contributed by atoms with Crippen LogP contribution < -0.4 is 0 Å². The summed E-state index contributed by atoms with van der Waals surface area (Å²) in [6.07, 6.45) is 17.9. The van der Waals surface area contributed by atoms with E-state index in [1.165, 1.54) is 32.1 Å². The molecular weight excluding hydrogens is 641 g/mol. The average Bonchev–Trinajstić information content (AvgIpc) is 2.93. The van der Waals surface area contributed by atoms with Crippen LogP contribution >= 0.6 is 0 Å². The molecule has 1 rings (SSSR count). The lowest BCUT2D eigenvalue weighted by Gasteiger charge is -2.49. The lowest BCUT2D eigenvalue weighted by molar-refractivity contribution is -0.135. The molecule has 0 bridgehead atoms. The maximum absolute atomic E-state index is 6.40. The molecule has 1 saturated carbocycles. The summed E-state index contributed by atoms with van der Waals surface area (Å²) < 4.78 is 31.8. The predicted octanol–water partition coefficient (Wildman–Crippen LogP) is 7.79. The predicted molar refractivity (Wildman–Crippen MR) is 211 cm³/mol. The molecular formula is C35H76O5Si5. The van der Waals surface area contributed by atoms with E-state index in [-0.39, 0.29) is 29.0 Å². The van der Waals surface area contributed by atoms with Gasteiger partial charge in [0, 0.05) is 10.8 Å². The first-order chi connectivity index (χ1) is 20.9. The quantitative estimate of drug-likeness (QED) is 0.0614. The van der Waals surface area contributed by atoms with Crippen LogP contribution in [0.4, 0.5) is 0 Å². The summed E-state index contributed by atoms with van der Waals surface area (Å²) in [7, 11) is -3.73. The lowest BCUT2D eigenvalue weighted by atomic mass is 9.60. The highest BCUT2D eigenvalue weighted by atomic mass is 28.4. The van der Waals surface area contributed by atoms with Crippen molar-refractivity contribution in [1.29, 1.82) is 0 Å². The van der Waals surface area contributed by atoms with Gasteiger partial charge in [-0.2, -0.15) is 0 Å². The number of hydrogen-bond acceptors (Lipinski definition) is 5. The largest absolute Gasteiger partial charge is 0.413 e. The van der Waals surface area contributed by atoms with Crippen LogP contribution in [0.1, 0.15) is 106 Å². The minimum atomic E-state index is -1.50. The van der Waals surface area contributed by atoms with E-state index in [0.29, 0.717) is 11.8 Å². The molecule has 0 radical (unpaired) electrons. The molecule has 5 nitrogen and oxygen atoms in total. The maximum Gasteiger partial charge on any atom is 0.184 e. The number of hydrogen-bond donors (Lipinski definition) is 0. The van der Waals surface area contributed by atoms with Crippen molar-refractivity contribution in [3.05, 3.63) is 23.8 Å². The second-order valence-corrected chi connectivity index (χ2v) is 24.4. The molecule has 0 amide bonds. The van der Waals surface area contributed by atoms with Crippen LogP contribution in [0, 0.1) is 28.6 Å². The van der Waals surface area contributed by atoms with Gasteiger partial charge in [-0.05, 0) is 89.8 Å². The first-order valence-corrected chi connectivity index (χ1v) is 29.8. The first kappa shape index (κ1) is 43.4. The second kappa shape index (κ2) is 20.8. The van der Waals surface area contributed by atoms with Gasteiger partial charge in [0.05, 0.1) is 5.60 Å². The zero-order chi connectivity index (χ0) is 34.3. The van der Waals surface area contributed by atoms with E-state index < -0.39 is 47.4 Å². The molecule has 0 saturated heterocycles. The van der Waals surface area contributed by atoms with Crippen molar-refractivity contribution in [3.63, 3.8) is 0 Å². The Kier molecular flexibility index (Phi) is 20.0. The first-order valence-electron chi connectivity index (χ1n) is 18.4. The highest BCUT2D eigenvalue weighted by molar-refractivity contribution is 6.69. The third kappa shape index (κ3) is 16.1. The molecule has 0 aromatic carbocycles. The van der Waals surface area contributed by atoms with Gasteiger partial charge in [-0.15, -0.1) is 0 Å². The van der Waals surface area contributed by atoms with Crippen LogP contribution in [-0.4, -0.2) is 65.6 Å². The van der Waals surface area contributed by atoms with Crippen molar-refractivity contribution < 1.29 is 22.1 Å². The summed E-state index contributed by atoms with van der Waals surface area (Å²) in [6.45, 7) is 32.3. The molecule has 3 atom stereocenters. The highest BCUT2D eigenvalue weighted by Gasteiger charge is 2.47. The normalized spacial score (nSPS) is 22.0. The zero-order valence-corrected chi connectivity index (χ0v) is 39.0. The molecule has 1 aliphatic carbocycles. The molecule has 0 unspecified atom stereocenters. The zero-order valence-electron chi connectivity index (χ0n) is 32.4. The van der Waals surface area contributed by atoms with Crippen molar-refractivity contribution in [3.8, 4) is 0 Å². The molecule has 0 aliphatic heterocycles. The van der Waals surface area contributed by atoms with E-state index in [2.05, 4.69) is 113 Å². The summed E-state index contributed by atoms with van der Waals surface area (Å²) in [5.41, 5.74) is 1.50. The Balaban J connectivity index is 2.92. The fraction of sp³-hybridized carbons (Fsp3) is 0.886. The van der Waals surface area contributed by atoms with Crippen molar-refractivity contribution in [2.75, 3.05) is 0 Å². The van der Waals surface area contributed by atoms with Gasteiger partial charge in [0.25, 0.3) is 0 Å². The second-order valence-electron chi connectivity index (χ2n) is 16.3. The topological polar surface area (TPSA) is 46.2 Å². The van der Waals surface area contributed by atoms with Gasteiger partial charge >= 0.3 is 0 Å². The van der Waals surface area contributed by atoms with Crippen LogP contribution in [0.15, 0.2) is 23.8 Å². The van der Waals surface area contributed by atoms with Crippen molar-refractivity contribution in [2.45, 2.75) is 170 Å². The molecule has 0 aromatic rings. The Labute approximate surface area is 291 Å². The summed E-state index contributed by atoms with van der Waals surface area (Å²) in [5.74, 6) is 1.77. The summed E-state index contributed by atoms with van der Waals surface area (Å²) in [6, 6.07) is 0. The summed E-state index contributed by atoms with van der Waals surface area (Å²) in [5, 5.41) is 0. The Bertz CT molecular complexity index is 821. The molecule has 1 fully saturated rings. The van der Waals surface area contributed by atoms with E-state index in [1.807, 2.05) is 0 Å². The molecule has 0 heterocycles. The summed E-state index contributed by atoms with van der Waals surface area (Å²) >= 11 is 0. The van der Waals surface area contributed by atoms with E-state index >= 15 is 0 Å². The fourth-order valence-corrected chi connectivity index (χ4v) is 12.7. The number of allylic oxidation sites excluding steroid dienone is 4. The molecule has 10 heteroatoms. The highest BCUT2D eigenvalue weighted by Crippen LogP contribution is 2.51. The molecule has 0 aromatic heterocycles. The van der Waals surface area contributed by atoms with Gasteiger partial charge in [-0.1, -0.05) is 104 Å². The molecule has 1 aliphatic rings. The number of unbranched alkanes of at least 4 members (excludes halogenated alkanes) is 1. The van der Waals surface area contributed by atoms with E-state index in [9.17, 15) is 0 Å². The van der Waals surface area contributed by atoms with E-state index in [4.69, 9.17) is 22.1 Å². The third-order valence-corrected chi connectivity index (χ3v) is 13.5. The number of rotatable bonds is 23. The van der Waals surface area contributed by atoms with Gasteiger partial charge in [0.2, 0.25) is 0 Å². The van der Waals surface area contributed by atoms with Crippen LogP contribution in [-0.2, 0) is 22.1 Å². The van der Waals surface area contributed by atoms with Gasteiger partial charge in [0.15, 0.2) is 47.4 Å².